The number of nitrogens with one attached hydrogen (secondary N) is 3. The lowest BCUT2D eigenvalue weighted by atomic mass is 10.1. The summed E-state index contributed by atoms with van der Waals surface area (Å²) in [6.45, 7) is 6.35. The van der Waals surface area contributed by atoms with Crippen LogP contribution in [0.4, 0.5) is 22.9 Å². The highest BCUT2D eigenvalue weighted by atomic mass is 16.3. The van der Waals surface area contributed by atoms with Crippen LogP contribution < -0.4 is 16.0 Å². The van der Waals surface area contributed by atoms with E-state index in [0.717, 1.165) is 54.1 Å². The van der Waals surface area contributed by atoms with Gasteiger partial charge >= 0.3 is 0 Å². The van der Waals surface area contributed by atoms with Crippen molar-refractivity contribution in [2.24, 2.45) is 0 Å². The smallest absolute Gasteiger partial charge is 0.172 e. The lowest BCUT2D eigenvalue weighted by molar-refractivity contribution is -0.106. The zero-order valence-corrected chi connectivity index (χ0v) is 18.6. The van der Waals surface area contributed by atoms with Gasteiger partial charge in [-0.15, -0.1) is 5.10 Å². The number of anilines is 4. The maximum atomic E-state index is 10.9. The van der Waals surface area contributed by atoms with Crippen molar-refractivity contribution in [3.63, 3.8) is 0 Å². The molecule has 0 spiro atoms. The molecule has 4 rings (SSSR count). The predicted octanol–water partition coefficient (Wildman–Crippen LogP) is 3.99. The van der Waals surface area contributed by atoms with Crippen LogP contribution in [-0.4, -0.2) is 58.6 Å². The molecule has 0 unspecified atom stereocenters. The van der Waals surface area contributed by atoms with Crippen molar-refractivity contribution in [2.75, 3.05) is 48.7 Å². The molecule has 1 aliphatic rings. The molecule has 0 bridgehead atoms. The van der Waals surface area contributed by atoms with Gasteiger partial charge in [-0.05, 0) is 69.6 Å². The Balaban J connectivity index is 1.54. The molecule has 2 aromatic heterocycles. The Kier molecular flexibility index (Phi) is 7.11. The van der Waals surface area contributed by atoms with Crippen molar-refractivity contribution in [3.8, 4) is 5.75 Å². The largest absolute Gasteiger partial charge is 0.508 e. The topological polar surface area (TPSA) is 93.9 Å². The average molecular weight is 437 g/mol. The van der Waals surface area contributed by atoms with E-state index in [1.807, 2.05) is 41.9 Å². The van der Waals surface area contributed by atoms with Crippen LogP contribution in [0.1, 0.15) is 31.2 Å². The third-order valence-corrected chi connectivity index (χ3v) is 5.90. The number of phenols is 1. The Labute approximate surface area is 188 Å². The summed E-state index contributed by atoms with van der Waals surface area (Å²) in [7, 11) is 0. The first-order chi connectivity index (χ1) is 15.7. The first kappa shape index (κ1) is 22.0. The van der Waals surface area contributed by atoms with Gasteiger partial charge in [-0.25, -0.2) is 4.52 Å². The van der Waals surface area contributed by atoms with Gasteiger partial charge in [0.25, 0.3) is 0 Å². The molecule has 0 radical (unpaired) electrons. The number of benzene rings is 1. The number of hydrogen-bond donors (Lipinski definition) is 4. The Morgan fingerprint density at radius 1 is 1.12 bits per heavy atom. The third-order valence-electron chi connectivity index (χ3n) is 5.90. The van der Waals surface area contributed by atoms with Crippen molar-refractivity contribution < 1.29 is 9.90 Å². The number of aryl methyl sites for hydroxylation is 1. The van der Waals surface area contributed by atoms with Crippen molar-refractivity contribution >= 4 is 34.7 Å². The van der Waals surface area contributed by atoms with Crippen molar-refractivity contribution in [1.29, 1.82) is 0 Å². The first-order valence-electron chi connectivity index (χ1n) is 11.4. The second-order valence-electron chi connectivity index (χ2n) is 8.29. The molecule has 1 saturated heterocycles. The molecule has 1 fully saturated rings. The van der Waals surface area contributed by atoms with Crippen LogP contribution in [0.3, 0.4) is 0 Å². The highest BCUT2D eigenvalue weighted by molar-refractivity contribution is 5.90. The van der Waals surface area contributed by atoms with Crippen molar-refractivity contribution in [3.05, 3.63) is 42.1 Å². The van der Waals surface area contributed by atoms with E-state index < -0.39 is 0 Å². The van der Waals surface area contributed by atoms with Crippen molar-refractivity contribution in [1.82, 2.24) is 14.5 Å². The number of hydrogen-bond acceptors (Lipinski definition) is 7. The molecule has 170 valence electrons. The molecular weight excluding hydrogens is 404 g/mol. The molecule has 8 heteroatoms. The molecule has 1 aromatic carbocycles. The molecule has 3 heterocycles. The fourth-order valence-corrected chi connectivity index (χ4v) is 4.17. The van der Waals surface area contributed by atoms with Crippen LogP contribution >= 0.6 is 0 Å². The molecular formula is C24H32N6O2. The maximum Gasteiger partial charge on any atom is 0.172 e. The lowest BCUT2D eigenvalue weighted by Gasteiger charge is -2.26. The molecule has 0 aliphatic carbocycles. The number of nitrogens with zero attached hydrogens (tertiary/aromatic N) is 3. The number of phenolic OH excluding ortho intramolecular Hbond substituents is 1. The SMILES string of the molecule is Cc1cc(Nc2c(NCCCN3CCCCC3)nn3ccccc23)c(NCC=O)cc1O. The number of piperidine rings is 1. The number of rotatable bonds is 10. The van der Waals surface area contributed by atoms with E-state index in [1.165, 1.54) is 32.4 Å². The maximum absolute atomic E-state index is 10.9. The van der Waals surface area contributed by atoms with Crippen LogP contribution in [0, 0.1) is 6.92 Å². The van der Waals surface area contributed by atoms with Crippen LogP contribution in [0.5, 0.6) is 5.75 Å². The molecule has 0 atom stereocenters. The van der Waals surface area contributed by atoms with E-state index in [1.54, 1.807) is 6.07 Å². The minimum absolute atomic E-state index is 0.160. The monoisotopic (exact) mass is 436 g/mol. The number of carbonyl (C=O) groups is 1. The van der Waals surface area contributed by atoms with Crippen LogP contribution in [0.25, 0.3) is 5.52 Å². The Morgan fingerprint density at radius 2 is 1.97 bits per heavy atom. The summed E-state index contributed by atoms with van der Waals surface area (Å²) in [5.74, 6) is 0.960. The summed E-state index contributed by atoms with van der Waals surface area (Å²) < 4.78 is 1.85. The number of aromatic nitrogens is 2. The van der Waals surface area contributed by atoms with Gasteiger partial charge in [-0.1, -0.05) is 12.5 Å². The van der Waals surface area contributed by atoms with Gasteiger partial charge in [0.05, 0.1) is 23.4 Å². The Bertz CT molecular complexity index is 1060. The van der Waals surface area contributed by atoms with Gasteiger partial charge in [-0.2, -0.15) is 0 Å². The molecule has 0 amide bonds. The van der Waals surface area contributed by atoms with E-state index in [-0.39, 0.29) is 12.3 Å². The van der Waals surface area contributed by atoms with Crippen LogP contribution in [0.15, 0.2) is 36.5 Å². The molecule has 32 heavy (non-hydrogen) atoms. The van der Waals surface area contributed by atoms with E-state index in [9.17, 15) is 9.90 Å². The van der Waals surface area contributed by atoms with Gasteiger partial charge in [0.15, 0.2) is 5.82 Å². The quantitative estimate of drug-likeness (QED) is 0.217. The Morgan fingerprint density at radius 3 is 2.78 bits per heavy atom. The second kappa shape index (κ2) is 10.4. The molecule has 1 aliphatic heterocycles. The Hall–Kier alpha value is -3.26. The number of likely N-dealkylation sites (tertiary alicyclic amines) is 1. The lowest BCUT2D eigenvalue weighted by Crippen LogP contribution is -2.31. The van der Waals surface area contributed by atoms with E-state index in [2.05, 4.69) is 20.9 Å². The zero-order valence-electron chi connectivity index (χ0n) is 18.6. The van der Waals surface area contributed by atoms with Gasteiger partial charge in [-0.3, -0.25) is 0 Å². The number of aromatic hydroxyl groups is 1. The molecule has 8 nitrogen and oxygen atoms in total. The summed E-state index contributed by atoms with van der Waals surface area (Å²) in [5, 5.41) is 24.9. The number of pyridine rings is 1. The van der Waals surface area contributed by atoms with Gasteiger partial charge in [0.1, 0.15) is 17.7 Å². The zero-order chi connectivity index (χ0) is 22.3. The molecule has 4 N–H and O–H groups in total. The van der Waals surface area contributed by atoms with E-state index in [4.69, 9.17) is 5.10 Å². The standard InChI is InChI=1S/C24H32N6O2/c1-18-16-20(19(17-22(18)32)25-10-15-31)27-23-21-8-3-6-14-30(21)28-24(23)26-9-7-13-29-11-4-2-5-12-29/h3,6,8,14-17,25,27,32H,2,4-5,7,9-13H2,1H3,(H,26,28). The number of carbonyl (C=O) groups excluding carboxylic acids is 1. The highest BCUT2D eigenvalue weighted by Gasteiger charge is 2.16. The fourth-order valence-electron chi connectivity index (χ4n) is 4.17. The van der Waals surface area contributed by atoms with Crippen molar-refractivity contribution in [2.45, 2.75) is 32.6 Å². The third kappa shape index (κ3) is 5.13. The normalized spacial score (nSPS) is 14.4. The first-order valence-corrected chi connectivity index (χ1v) is 11.4. The van der Waals surface area contributed by atoms with Crippen LogP contribution in [0.2, 0.25) is 0 Å². The summed E-state index contributed by atoms with van der Waals surface area (Å²) in [6, 6.07) is 9.45. The summed E-state index contributed by atoms with van der Waals surface area (Å²) >= 11 is 0. The molecule has 0 saturated carbocycles. The summed E-state index contributed by atoms with van der Waals surface area (Å²) in [6.07, 6.45) is 7.74. The summed E-state index contributed by atoms with van der Waals surface area (Å²) in [5.41, 5.74) is 3.99. The minimum Gasteiger partial charge on any atom is -0.508 e. The van der Waals surface area contributed by atoms with Gasteiger partial charge in [0, 0.05) is 18.8 Å². The van der Waals surface area contributed by atoms with E-state index >= 15 is 0 Å². The van der Waals surface area contributed by atoms with E-state index in [0.29, 0.717) is 5.69 Å². The van der Waals surface area contributed by atoms with Gasteiger partial charge in [0.2, 0.25) is 0 Å². The highest BCUT2D eigenvalue weighted by Crippen LogP contribution is 2.36. The second-order valence-corrected chi connectivity index (χ2v) is 8.29. The molecule has 3 aromatic rings. The van der Waals surface area contributed by atoms with Crippen LogP contribution in [-0.2, 0) is 4.79 Å². The van der Waals surface area contributed by atoms with Gasteiger partial charge < -0.3 is 30.8 Å². The summed E-state index contributed by atoms with van der Waals surface area (Å²) in [4.78, 5) is 13.4. The minimum atomic E-state index is 0.160. The number of fused-ring (bicyclic) bond motifs is 1. The number of aldehydes is 1. The predicted molar refractivity (Wildman–Crippen MR) is 129 cm³/mol. The average Bonchev–Trinajstić information content (AvgIpc) is 3.16. The fraction of sp³-hybridized carbons (Fsp3) is 0.417.